The molecule has 0 bridgehead atoms. The summed E-state index contributed by atoms with van der Waals surface area (Å²) in [5, 5.41) is 0. The highest BCUT2D eigenvalue weighted by Gasteiger charge is 2.24. The van der Waals surface area contributed by atoms with Gasteiger partial charge in [0, 0.05) is 5.69 Å². The van der Waals surface area contributed by atoms with Crippen LogP contribution in [0.25, 0.3) is 0 Å². The Balaban J connectivity index is 1.77. The second-order valence-corrected chi connectivity index (χ2v) is 5.77. The zero-order chi connectivity index (χ0) is 18.4. The molecule has 1 amide bonds. The molecule has 0 aliphatic heterocycles. The number of carbonyl (C=O) groups is 1. The lowest BCUT2D eigenvalue weighted by molar-refractivity contribution is -0.124. The van der Waals surface area contributed by atoms with Crippen LogP contribution in [-0.4, -0.2) is 19.1 Å². The van der Waals surface area contributed by atoms with Gasteiger partial charge in [0.05, 0.1) is 19.9 Å². The fourth-order valence-corrected chi connectivity index (χ4v) is 2.59. The Hall–Kier alpha value is -3.21. The number of nitrogens with zero attached hydrogens (tertiary/aromatic N) is 1. The Morgan fingerprint density at radius 3 is 2.31 bits per heavy atom. The molecule has 0 fully saturated rings. The minimum atomic E-state index is -0.654. The van der Waals surface area contributed by atoms with Gasteiger partial charge in [0.25, 0.3) is 5.91 Å². The third-order valence-electron chi connectivity index (χ3n) is 3.95. The third kappa shape index (κ3) is 4.25. The maximum absolute atomic E-state index is 13.0. The van der Waals surface area contributed by atoms with E-state index in [0.717, 1.165) is 11.4 Å². The summed E-state index contributed by atoms with van der Waals surface area (Å²) in [5.74, 6) is 1.90. The minimum Gasteiger partial charge on any atom is -0.497 e. The van der Waals surface area contributed by atoms with Gasteiger partial charge in [-0.25, -0.2) is 0 Å². The Bertz CT molecular complexity index is 813. The minimum absolute atomic E-state index is 0.150. The van der Waals surface area contributed by atoms with Crippen molar-refractivity contribution in [3.8, 4) is 11.5 Å². The standard InChI is InChI=1S/C21H21NO4/c1-16(26-19-12-10-18(24-2)11-13-19)21(23)22(15-20-9-6-14-25-20)17-7-4-3-5-8-17/h3-14,16H,15H2,1-2H3. The first-order valence-electron chi connectivity index (χ1n) is 8.37. The van der Waals surface area contributed by atoms with E-state index in [4.69, 9.17) is 13.9 Å². The normalized spacial score (nSPS) is 11.6. The number of amides is 1. The zero-order valence-electron chi connectivity index (χ0n) is 14.8. The van der Waals surface area contributed by atoms with Crippen LogP contribution in [0.2, 0.25) is 0 Å². The van der Waals surface area contributed by atoms with E-state index in [-0.39, 0.29) is 5.91 Å². The Labute approximate surface area is 152 Å². The molecule has 1 unspecified atom stereocenters. The van der Waals surface area contributed by atoms with Crippen molar-refractivity contribution in [1.82, 2.24) is 0 Å². The average Bonchev–Trinajstić information content (AvgIpc) is 3.20. The highest BCUT2D eigenvalue weighted by atomic mass is 16.5. The Kier molecular flexibility index (Phi) is 5.59. The van der Waals surface area contributed by atoms with Crippen molar-refractivity contribution in [1.29, 1.82) is 0 Å². The monoisotopic (exact) mass is 351 g/mol. The van der Waals surface area contributed by atoms with Crippen LogP contribution < -0.4 is 14.4 Å². The predicted molar refractivity (Wildman–Crippen MR) is 99.4 cm³/mol. The third-order valence-corrected chi connectivity index (χ3v) is 3.95. The number of para-hydroxylation sites is 1. The van der Waals surface area contributed by atoms with E-state index < -0.39 is 6.10 Å². The van der Waals surface area contributed by atoms with Crippen molar-refractivity contribution >= 4 is 11.6 Å². The zero-order valence-corrected chi connectivity index (χ0v) is 14.8. The van der Waals surface area contributed by atoms with Crippen LogP contribution in [0.3, 0.4) is 0 Å². The van der Waals surface area contributed by atoms with Crippen molar-refractivity contribution in [3.63, 3.8) is 0 Å². The van der Waals surface area contributed by atoms with Crippen molar-refractivity contribution < 1.29 is 18.7 Å². The number of furan rings is 1. The summed E-state index contributed by atoms with van der Waals surface area (Å²) in [6.45, 7) is 2.08. The highest BCUT2D eigenvalue weighted by Crippen LogP contribution is 2.22. The molecule has 0 saturated carbocycles. The Morgan fingerprint density at radius 1 is 1.00 bits per heavy atom. The second kappa shape index (κ2) is 8.25. The van der Waals surface area contributed by atoms with Crippen LogP contribution >= 0.6 is 0 Å². The number of hydrogen-bond acceptors (Lipinski definition) is 4. The van der Waals surface area contributed by atoms with E-state index in [2.05, 4.69) is 0 Å². The lowest BCUT2D eigenvalue weighted by atomic mass is 10.2. The fraction of sp³-hybridized carbons (Fsp3) is 0.190. The van der Waals surface area contributed by atoms with E-state index >= 15 is 0 Å². The van der Waals surface area contributed by atoms with Gasteiger partial charge in [-0.1, -0.05) is 18.2 Å². The van der Waals surface area contributed by atoms with Gasteiger partial charge in [-0.2, -0.15) is 0 Å². The van der Waals surface area contributed by atoms with Crippen LogP contribution in [0.15, 0.2) is 77.4 Å². The van der Waals surface area contributed by atoms with Crippen LogP contribution in [-0.2, 0) is 11.3 Å². The molecule has 3 rings (SSSR count). The van der Waals surface area contributed by atoms with Crippen LogP contribution in [0.1, 0.15) is 12.7 Å². The number of rotatable bonds is 7. The molecule has 1 atom stereocenters. The number of anilines is 1. The molecule has 0 aliphatic carbocycles. The molecule has 5 nitrogen and oxygen atoms in total. The van der Waals surface area contributed by atoms with E-state index in [9.17, 15) is 4.79 Å². The first-order chi connectivity index (χ1) is 12.7. The smallest absolute Gasteiger partial charge is 0.268 e. The molecule has 134 valence electrons. The van der Waals surface area contributed by atoms with Gasteiger partial charge in [0.1, 0.15) is 17.3 Å². The molecule has 1 aromatic heterocycles. The van der Waals surface area contributed by atoms with Crippen molar-refractivity contribution in [3.05, 3.63) is 78.8 Å². The maximum Gasteiger partial charge on any atom is 0.268 e. The molecule has 0 radical (unpaired) electrons. The first kappa shape index (κ1) is 17.6. The van der Waals surface area contributed by atoms with Crippen LogP contribution in [0.5, 0.6) is 11.5 Å². The van der Waals surface area contributed by atoms with Gasteiger partial charge < -0.3 is 18.8 Å². The summed E-state index contributed by atoms with van der Waals surface area (Å²) >= 11 is 0. The number of hydrogen-bond donors (Lipinski definition) is 0. The topological polar surface area (TPSA) is 51.9 Å². The fourth-order valence-electron chi connectivity index (χ4n) is 2.59. The van der Waals surface area contributed by atoms with Gasteiger partial charge >= 0.3 is 0 Å². The van der Waals surface area contributed by atoms with Crippen molar-refractivity contribution in [2.75, 3.05) is 12.0 Å². The molecule has 0 aliphatic rings. The number of ether oxygens (including phenoxy) is 2. The molecule has 3 aromatic rings. The van der Waals surface area contributed by atoms with Gasteiger partial charge in [-0.3, -0.25) is 4.79 Å². The summed E-state index contributed by atoms with van der Waals surface area (Å²) in [6.07, 6.45) is 0.943. The molecule has 1 heterocycles. The average molecular weight is 351 g/mol. The number of benzene rings is 2. The maximum atomic E-state index is 13.0. The molecule has 26 heavy (non-hydrogen) atoms. The summed E-state index contributed by atoms with van der Waals surface area (Å²) in [6, 6.07) is 20.3. The lowest BCUT2D eigenvalue weighted by Crippen LogP contribution is -2.40. The predicted octanol–water partition coefficient (Wildman–Crippen LogP) is 4.29. The summed E-state index contributed by atoms with van der Waals surface area (Å²) < 4.78 is 16.4. The van der Waals surface area contributed by atoms with E-state index in [0.29, 0.717) is 18.1 Å². The quantitative estimate of drug-likeness (QED) is 0.637. The highest BCUT2D eigenvalue weighted by molar-refractivity contribution is 5.96. The van der Waals surface area contributed by atoms with E-state index in [1.807, 2.05) is 36.4 Å². The summed E-state index contributed by atoms with van der Waals surface area (Å²) in [5.41, 5.74) is 0.791. The molecule has 0 N–H and O–H groups in total. The molecule has 0 spiro atoms. The van der Waals surface area contributed by atoms with E-state index in [1.54, 1.807) is 55.5 Å². The summed E-state index contributed by atoms with van der Waals surface area (Å²) in [4.78, 5) is 14.7. The molecule has 0 saturated heterocycles. The van der Waals surface area contributed by atoms with E-state index in [1.165, 1.54) is 0 Å². The van der Waals surface area contributed by atoms with Crippen molar-refractivity contribution in [2.24, 2.45) is 0 Å². The SMILES string of the molecule is COc1ccc(OC(C)C(=O)N(Cc2ccco2)c2ccccc2)cc1. The number of methoxy groups -OCH3 is 1. The molecule has 2 aromatic carbocycles. The first-order valence-corrected chi connectivity index (χ1v) is 8.37. The lowest BCUT2D eigenvalue weighted by Gasteiger charge is -2.25. The molecular formula is C21H21NO4. The van der Waals surface area contributed by atoms with Gasteiger partial charge in [-0.05, 0) is 55.5 Å². The molecular weight excluding hydrogens is 330 g/mol. The Morgan fingerprint density at radius 2 is 1.69 bits per heavy atom. The van der Waals surface area contributed by atoms with Gasteiger partial charge in [0.2, 0.25) is 0 Å². The van der Waals surface area contributed by atoms with Crippen molar-refractivity contribution in [2.45, 2.75) is 19.6 Å². The molecule has 5 heteroatoms. The largest absolute Gasteiger partial charge is 0.497 e. The van der Waals surface area contributed by atoms with Gasteiger partial charge in [-0.15, -0.1) is 0 Å². The van der Waals surface area contributed by atoms with Gasteiger partial charge in [0.15, 0.2) is 6.10 Å². The van der Waals surface area contributed by atoms with Crippen LogP contribution in [0, 0.1) is 0 Å². The van der Waals surface area contributed by atoms with Crippen LogP contribution in [0.4, 0.5) is 5.69 Å². The number of carbonyl (C=O) groups excluding carboxylic acids is 1. The second-order valence-electron chi connectivity index (χ2n) is 5.77. The summed E-state index contributed by atoms with van der Waals surface area (Å²) in [7, 11) is 1.61.